The first-order chi connectivity index (χ1) is 25.2. The molecule has 2 aliphatic rings. The number of fused-ring (bicyclic) bond motifs is 9. The van der Waals surface area contributed by atoms with Crippen molar-refractivity contribution < 1.29 is 4.74 Å². The van der Waals surface area contributed by atoms with Crippen molar-refractivity contribution in [2.24, 2.45) is 10.7 Å². The summed E-state index contributed by atoms with van der Waals surface area (Å²) < 4.78 is 11.4. The van der Waals surface area contributed by atoms with Gasteiger partial charge in [0.25, 0.3) is 0 Å². The van der Waals surface area contributed by atoms with Gasteiger partial charge in [0.05, 0.1) is 6.17 Å². The van der Waals surface area contributed by atoms with Crippen LogP contribution in [-0.2, 0) is 0 Å². The van der Waals surface area contributed by atoms with Crippen molar-refractivity contribution in [2.45, 2.75) is 24.4 Å². The zero-order valence-corrected chi connectivity index (χ0v) is 29.2. The average molecular weight is 696 g/mol. The minimum Gasteiger partial charge on any atom is -0.485 e. The van der Waals surface area contributed by atoms with Crippen LogP contribution in [0.4, 0.5) is 0 Å². The Morgan fingerprint density at radius 2 is 1.45 bits per heavy atom. The molecule has 0 saturated heterocycles. The van der Waals surface area contributed by atoms with Crippen molar-refractivity contribution in [1.29, 1.82) is 0 Å². The molecule has 1 aliphatic carbocycles. The third-order valence-corrected chi connectivity index (χ3v) is 12.6. The highest BCUT2D eigenvalue weighted by Gasteiger charge is 2.32. The van der Waals surface area contributed by atoms with Crippen molar-refractivity contribution in [3.63, 3.8) is 0 Å². The van der Waals surface area contributed by atoms with E-state index in [1.165, 1.54) is 57.0 Å². The Morgan fingerprint density at radius 1 is 0.686 bits per heavy atom. The van der Waals surface area contributed by atoms with Gasteiger partial charge in [-0.15, -0.1) is 22.7 Å². The predicted octanol–water partition coefficient (Wildman–Crippen LogP) is 11.4. The Labute approximate surface area is 303 Å². The second kappa shape index (κ2) is 12.4. The van der Waals surface area contributed by atoms with E-state index in [1.54, 1.807) is 0 Å². The predicted molar refractivity (Wildman–Crippen MR) is 216 cm³/mol. The molecule has 0 fully saturated rings. The molecule has 1 aliphatic heterocycles. The fraction of sp³-hybridized carbons (Fsp3) is 0.0889. The lowest BCUT2D eigenvalue weighted by Crippen LogP contribution is -2.31. The second-order valence-electron chi connectivity index (χ2n) is 13.2. The number of nitrogens with one attached hydrogen (secondary N) is 1. The van der Waals surface area contributed by atoms with Crippen LogP contribution >= 0.6 is 22.7 Å². The lowest BCUT2D eigenvalue weighted by molar-refractivity contribution is 0.268. The molecule has 10 rings (SSSR count). The monoisotopic (exact) mass is 695 g/mol. The Kier molecular flexibility index (Phi) is 7.43. The second-order valence-corrected chi connectivity index (χ2v) is 15.3. The van der Waals surface area contributed by atoms with Crippen molar-refractivity contribution >= 4 is 69.2 Å². The van der Waals surface area contributed by atoms with E-state index in [-0.39, 0.29) is 18.2 Å². The van der Waals surface area contributed by atoms with Gasteiger partial charge >= 0.3 is 0 Å². The van der Waals surface area contributed by atoms with Crippen LogP contribution in [0.5, 0.6) is 5.75 Å². The third-order valence-electron chi connectivity index (χ3n) is 10.2. The van der Waals surface area contributed by atoms with Crippen LogP contribution in [0.15, 0.2) is 157 Å². The molecule has 0 radical (unpaired) electrons. The molecule has 6 heteroatoms. The van der Waals surface area contributed by atoms with Gasteiger partial charge in [-0.1, -0.05) is 127 Å². The van der Waals surface area contributed by atoms with Crippen LogP contribution in [0.1, 0.15) is 40.5 Å². The lowest BCUT2D eigenvalue weighted by Gasteiger charge is -2.22. The topological polar surface area (TPSA) is 59.6 Å². The van der Waals surface area contributed by atoms with Crippen LogP contribution in [-0.4, -0.2) is 12.3 Å². The van der Waals surface area contributed by atoms with E-state index >= 15 is 0 Å². The molecule has 4 atom stereocenters. The van der Waals surface area contributed by atoms with E-state index in [9.17, 15) is 0 Å². The Balaban J connectivity index is 1.04. The largest absolute Gasteiger partial charge is 0.485 e. The number of benzene rings is 6. The minimum atomic E-state index is -0.469. The first kappa shape index (κ1) is 30.5. The van der Waals surface area contributed by atoms with Gasteiger partial charge in [-0.3, -0.25) is 10.3 Å². The summed E-state index contributed by atoms with van der Waals surface area (Å²) in [5.74, 6) is 1.14. The molecular weight excluding hydrogens is 663 g/mol. The standard InChI is InChI=1S/C45H33N3OS2/c46-44(29-21-22-32-31-12-4-6-18-38(31)49-39(32)24-29)48-45(47-26-27-10-2-1-3-11-27)37-17-9-16-36-34-23-20-28(25-41(34)51-43(36)37)30-14-8-15-35-33-13-5-7-19-40(33)50-42(30)35/h1-26,31,38,44-45,48H,46H2. The number of ether oxygens (including phenoxy) is 1. The third kappa shape index (κ3) is 5.31. The molecule has 0 spiro atoms. The molecule has 4 unspecified atom stereocenters. The van der Waals surface area contributed by atoms with Crippen molar-refractivity contribution in [1.82, 2.24) is 5.32 Å². The molecule has 0 bridgehead atoms. The Hall–Kier alpha value is -5.37. The number of hydrogen-bond donors (Lipinski definition) is 2. The number of thiophene rings is 2. The minimum absolute atomic E-state index is 0.0385. The molecule has 3 N–H and O–H groups in total. The van der Waals surface area contributed by atoms with E-state index in [4.69, 9.17) is 15.5 Å². The van der Waals surface area contributed by atoms with Gasteiger partial charge in [0, 0.05) is 63.6 Å². The highest BCUT2D eigenvalue weighted by molar-refractivity contribution is 7.26. The maximum Gasteiger partial charge on any atom is 0.128 e. The Morgan fingerprint density at radius 3 is 2.37 bits per heavy atom. The number of aliphatic imine (C=N–C) groups is 1. The number of hydrogen-bond acceptors (Lipinski definition) is 6. The van der Waals surface area contributed by atoms with Crippen molar-refractivity contribution in [3.8, 4) is 16.9 Å². The van der Waals surface area contributed by atoms with Crippen molar-refractivity contribution in [2.75, 3.05) is 0 Å². The summed E-state index contributed by atoms with van der Waals surface area (Å²) >= 11 is 3.70. The summed E-state index contributed by atoms with van der Waals surface area (Å²) in [6.07, 6.45) is 9.61. The number of nitrogens with two attached hydrogens (primary N) is 1. The van der Waals surface area contributed by atoms with Crippen LogP contribution in [0.25, 0.3) is 51.5 Å². The Bertz CT molecular complexity index is 2700. The molecular formula is C45H33N3OS2. The first-order valence-corrected chi connectivity index (χ1v) is 18.9. The van der Waals surface area contributed by atoms with Crippen LogP contribution < -0.4 is 15.8 Å². The van der Waals surface area contributed by atoms with E-state index in [0.29, 0.717) is 0 Å². The quantitative estimate of drug-likeness (QED) is 0.129. The van der Waals surface area contributed by atoms with Gasteiger partial charge in [-0.2, -0.15) is 0 Å². The molecule has 3 heterocycles. The van der Waals surface area contributed by atoms with Gasteiger partial charge < -0.3 is 10.5 Å². The van der Waals surface area contributed by atoms with E-state index in [2.05, 4.69) is 139 Å². The molecule has 0 saturated carbocycles. The maximum atomic E-state index is 6.96. The van der Waals surface area contributed by atoms with Crippen molar-refractivity contribution in [3.05, 3.63) is 174 Å². The average Bonchev–Trinajstić information content (AvgIpc) is 3.87. The van der Waals surface area contributed by atoms with Crippen LogP contribution in [0.2, 0.25) is 0 Å². The zero-order valence-electron chi connectivity index (χ0n) is 27.6. The molecule has 8 aromatic rings. The lowest BCUT2D eigenvalue weighted by atomic mass is 9.91. The highest BCUT2D eigenvalue weighted by atomic mass is 32.1. The molecule has 6 aromatic carbocycles. The van der Waals surface area contributed by atoms with Gasteiger partial charge in [-0.25, -0.2) is 0 Å². The molecule has 2 aromatic heterocycles. The summed E-state index contributed by atoms with van der Waals surface area (Å²) in [5, 5.41) is 8.79. The SMILES string of the molecule is NC(NC(N=Cc1ccccc1)c1cccc2c1sc1cc(-c3cccc4c3sc3ccccc34)ccc12)c1ccc2c(c1)OC1C=CC=CC21. The van der Waals surface area contributed by atoms with E-state index in [1.807, 2.05) is 47.1 Å². The normalized spacial score (nSPS) is 17.7. The number of rotatable bonds is 7. The van der Waals surface area contributed by atoms with Gasteiger partial charge in [-0.05, 0) is 46.5 Å². The fourth-order valence-electron chi connectivity index (χ4n) is 7.61. The first-order valence-electron chi connectivity index (χ1n) is 17.3. The number of allylic oxidation sites excluding steroid dienone is 2. The van der Waals surface area contributed by atoms with Crippen LogP contribution in [0, 0.1) is 0 Å². The highest BCUT2D eigenvalue weighted by Crippen LogP contribution is 2.45. The summed E-state index contributed by atoms with van der Waals surface area (Å²) in [4.78, 5) is 5.14. The van der Waals surface area contributed by atoms with Gasteiger partial charge in [0.15, 0.2) is 0 Å². The van der Waals surface area contributed by atoms with E-state index in [0.717, 1.165) is 22.4 Å². The summed E-state index contributed by atoms with van der Waals surface area (Å²) in [6, 6.07) is 45.4. The molecule has 246 valence electrons. The smallest absolute Gasteiger partial charge is 0.128 e. The molecule has 4 nitrogen and oxygen atoms in total. The molecule has 51 heavy (non-hydrogen) atoms. The van der Waals surface area contributed by atoms with Gasteiger partial charge in [0.1, 0.15) is 18.0 Å². The van der Waals surface area contributed by atoms with Gasteiger partial charge in [0.2, 0.25) is 0 Å². The molecule has 0 amide bonds. The summed E-state index contributed by atoms with van der Waals surface area (Å²) in [5.41, 5.74) is 13.8. The number of nitrogens with zero attached hydrogens (tertiary/aromatic N) is 1. The fourth-order valence-corrected chi connectivity index (χ4v) is 10.1. The summed E-state index contributed by atoms with van der Waals surface area (Å²) in [7, 11) is 0. The summed E-state index contributed by atoms with van der Waals surface area (Å²) in [6.45, 7) is 0. The van der Waals surface area contributed by atoms with E-state index < -0.39 is 6.17 Å². The zero-order chi connectivity index (χ0) is 33.9. The van der Waals surface area contributed by atoms with Crippen LogP contribution in [0.3, 0.4) is 0 Å². The maximum absolute atomic E-state index is 6.96.